The number of halogens is 1. The van der Waals surface area contributed by atoms with Gasteiger partial charge in [0.05, 0.1) is 5.69 Å². The highest BCUT2D eigenvalue weighted by Crippen LogP contribution is 2.44. The van der Waals surface area contributed by atoms with Gasteiger partial charge in [-0.3, -0.25) is 0 Å². The summed E-state index contributed by atoms with van der Waals surface area (Å²) in [5.74, 6) is 0. The van der Waals surface area contributed by atoms with Crippen molar-refractivity contribution in [2.75, 3.05) is 4.90 Å². The van der Waals surface area contributed by atoms with E-state index >= 15 is 0 Å². The number of fused-ring (bicyclic) bond motifs is 5. The van der Waals surface area contributed by atoms with Crippen molar-refractivity contribution in [3.63, 3.8) is 0 Å². The second-order valence-corrected chi connectivity index (χ2v) is 9.05. The summed E-state index contributed by atoms with van der Waals surface area (Å²) in [6, 6.07) is 38.4. The smallest absolute Gasteiger partial charge is 0.0540 e. The van der Waals surface area contributed by atoms with E-state index in [9.17, 15) is 0 Å². The minimum Gasteiger partial charge on any atom is -0.310 e. The third-order valence-electron chi connectivity index (χ3n) is 5.70. The van der Waals surface area contributed by atoms with Crippen LogP contribution in [0.5, 0.6) is 0 Å². The van der Waals surface area contributed by atoms with E-state index in [4.69, 9.17) is 11.6 Å². The maximum absolute atomic E-state index is 6.27. The molecule has 1 aromatic heterocycles. The third kappa shape index (κ3) is 3.07. The molecule has 0 radical (unpaired) electrons. The molecular formula is C28H18ClNS. The Balaban J connectivity index is 1.66. The number of hydrogen-bond acceptors (Lipinski definition) is 2. The van der Waals surface area contributed by atoms with Crippen LogP contribution in [0.4, 0.5) is 17.1 Å². The van der Waals surface area contributed by atoms with Crippen LogP contribution in [0.1, 0.15) is 0 Å². The van der Waals surface area contributed by atoms with Crippen molar-refractivity contribution >= 4 is 70.9 Å². The van der Waals surface area contributed by atoms with E-state index in [1.165, 1.54) is 36.6 Å². The van der Waals surface area contributed by atoms with Gasteiger partial charge in [-0.15, -0.1) is 11.3 Å². The number of rotatable bonds is 3. The number of benzene rings is 5. The molecule has 31 heavy (non-hydrogen) atoms. The fourth-order valence-electron chi connectivity index (χ4n) is 4.33. The summed E-state index contributed by atoms with van der Waals surface area (Å²) in [7, 11) is 0. The van der Waals surface area contributed by atoms with Crippen LogP contribution in [0.2, 0.25) is 5.02 Å². The van der Waals surface area contributed by atoms with Crippen LogP contribution in [0.15, 0.2) is 109 Å². The number of thiophene rings is 1. The lowest BCUT2D eigenvalue weighted by molar-refractivity contribution is 1.30. The van der Waals surface area contributed by atoms with Crippen molar-refractivity contribution in [3.8, 4) is 0 Å². The maximum Gasteiger partial charge on any atom is 0.0540 e. The number of hydrogen-bond donors (Lipinski definition) is 0. The molecular weight excluding hydrogens is 418 g/mol. The fourth-order valence-corrected chi connectivity index (χ4v) is 5.83. The zero-order chi connectivity index (χ0) is 20.8. The minimum atomic E-state index is 0.781. The lowest BCUT2D eigenvalue weighted by atomic mass is 10.0. The first-order valence-corrected chi connectivity index (χ1v) is 11.4. The van der Waals surface area contributed by atoms with Gasteiger partial charge in [0.1, 0.15) is 0 Å². The Hall–Kier alpha value is -3.33. The van der Waals surface area contributed by atoms with Gasteiger partial charge < -0.3 is 4.90 Å². The molecule has 3 heteroatoms. The van der Waals surface area contributed by atoms with E-state index in [2.05, 4.69) is 108 Å². The zero-order valence-corrected chi connectivity index (χ0v) is 18.2. The van der Waals surface area contributed by atoms with Gasteiger partial charge in [0.2, 0.25) is 0 Å². The van der Waals surface area contributed by atoms with Gasteiger partial charge in [0.15, 0.2) is 0 Å². The van der Waals surface area contributed by atoms with E-state index in [1.54, 1.807) is 0 Å². The van der Waals surface area contributed by atoms with Crippen LogP contribution in [-0.4, -0.2) is 0 Å². The molecule has 0 saturated heterocycles. The SMILES string of the molecule is Clc1ccc2c(c1)sc1c3cccc(N(c4ccccc4)c4ccccc4)c3ccc21. The fraction of sp³-hybridized carbons (Fsp3) is 0. The Bertz CT molecular complexity index is 1500. The van der Waals surface area contributed by atoms with Crippen molar-refractivity contribution in [1.29, 1.82) is 0 Å². The molecule has 0 aliphatic heterocycles. The van der Waals surface area contributed by atoms with Gasteiger partial charge in [-0.2, -0.15) is 0 Å². The number of para-hydroxylation sites is 2. The molecule has 0 aliphatic carbocycles. The van der Waals surface area contributed by atoms with Crippen LogP contribution in [0.3, 0.4) is 0 Å². The topological polar surface area (TPSA) is 3.24 Å². The summed E-state index contributed by atoms with van der Waals surface area (Å²) in [6.45, 7) is 0. The Kier molecular flexibility index (Phi) is 4.41. The summed E-state index contributed by atoms with van der Waals surface area (Å²) in [6.07, 6.45) is 0. The summed E-state index contributed by atoms with van der Waals surface area (Å²) in [5.41, 5.74) is 3.46. The third-order valence-corrected chi connectivity index (χ3v) is 7.14. The first-order valence-electron chi connectivity index (χ1n) is 10.2. The average molecular weight is 436 g/mol. The predicted octanol–water partition coefficient (Wildman–Crippen LogP) is 9.33. The zero-order valence-electron chi connectivity index (χ0n) is 16.6. The Morgan fingerprint density at radius 2 is 1.16 bits per heavy atom. The van der Waals surface area contributed by atoms with Crippen molar-refractivity contribution in [2.24, 2.45) is 0 Å². The van der Waals surface area contributed by atoms with Crippen LogP contribution >= 0.6 is 22.9 Å². The Labute approximate surface area is 189 Å². The molecule has 6 aromatic rings. The second kappa shape index (κ2) is 7.42. The predicted molar refractivity (Wildman–Crippen MR) is 137 cm³/mol. The normalized spacial score (nSPS) is 11.4. The molecule has 0 unspecified atom stereocenters. The van der Waals surface area contributed by atoms with Gasteiger partial charge in [-0.25, -0.2) is 0 Å². The van der Waals surface area contributed by atoms with Gasteiger partial charge in [-0.05, 0) is 42.5 Å². The molecule has 5 aromatic carbocycles. The molecule has 0 fully saturated rings. The molecule has 0 atom stereocenters. The van der Waals surface area contributed by atoms with E-state index in [-0.39, 0.29) is 0 Å². The maximum atomic E-state index is 6.27. The highest BCUT2D eigenvalue weighted by Gasteiger charge is 2.17. The van der Waals surface area contributed by atoms with Crippen molar-refractivity contribution in [1.82, 2.24) is 0 Å². The first-order chi connectivity index (χ1) is 15.3. The summed E-state index contributed by atoms with van der Waals surface area (Å²) in [5, 5.41) is 5.83. The first kappa shape index (κ1) is 18.4. The lowest BCUT2D eigenvalue weighted by Gasteiger charge is -2.26. The number of anilines is 3. The average Bonchev–Trinajstić information content (AvgIpc) is 3.19. The van der Waals surface area contributed by atoms with Crippen molar-refractivity contribution in [3.05, 3.63) is 114 Å². The molecule has 1 heterocycles. The van der Waals surface area contributed by atoms with Crippen molar-refractivity contribution < 1.29 is 0 Å². The Morgan fingerprint density at radius 1 is 0.548 bits per heavy atom. The molecule has 0 bridgehead atoms. The van der Waals surface area contributed by atoms with Gasteiger partial charge in [-0.1, -0.05) is 78.3 Å². The summed E-state index contributed by atoms with van der Waals surface area (Å²) < 4.78 is 2.53. The van der Waals surface area contributed by atoms with Crippen molar-refractivity contribution in [2.45, 2.75) is 0 Å². The highest BCUT2D eigenvalue weighted by atomic mass is 35.5. The molecule has 0 N–H and O–H groups in total. The Morgan fingerprint density at radius 3 is 1.87 bits per heavy atom. The second-order valence-electron chi connectivity index (χ2n) is 7.56. The molecule has 0 saturated carbocycles. The van der Waals surface area contributed by atoms with Crippen LogP contribution in [0.25, 0.3) is 30.9 Å². The van der Waals surface area contributed by atoms with E-state index in [0.29, 0.717) is 0 Å². The lowest BCUT2D eigenvalue weighted by Crippen LogP contribution is -2.10. The molecule has 1 nitrogen and oxygen atoms in total. The molecule has 148 valence electrons. The van der Waals surface area contributed by atoms with E-state index in [1.807, 2.05) is 17.4 Å². The van der Waals surface area contributed by atoms with Crippen LogP contribution in [-0.2, 0) is 0 Å². The van der Waals surface area contributed by atoms with E-state index < -0.39 is 0 Å². The molecule has 0 aliphatic rings. The monoisotopic (exact) mass is 435 g/mol. The minimum absolute atomic E-state index is 0.781. The van der Waals surface area contributed by atoms with E-state index in [0.717, 1.165) is 16.4 Å². The number of nitrogens with zero attached hydrogens (tertiary/aromatic N) is 1. The summed E-state index contributed by atoms with van der Waals surface area (Å²) in [4.78, 5) is 2.33. The molecule has 0 amide bonds. The standard InChI is InChI=1S/C28H18ClNS/c29-19-14-15-23-25-17-16-22-24(28(25)31-27(23)18-19)12-7-13-26(22)30(20-8-3-1-4-9-20)21-10-5-2-6-11-21/h1-18H. The quantitative estimate of drug-likeness (QED) is 0.267. The van der Waals surface area contributed by atoms with Gasteiger partial charge >= 0.3 is 0 Å². The van der Waals surface area contributed by atoms with Crippen LogP contribution < -0.4 is 4.90 Å². The summed E-state index contributed by atoms with van der Waals surface area (Å²) >= 11 is 8.08. The van der Waals surface area contributed by atoms with Gasteiger partial charge in [0, 0.05) is 47.3 Å². The molecule has 0 spiro atoms. The van der Waals surface area contributed by atoms with Gasteiger partial charge in [0.25, 0.3) is 0 Å². The molecule has 6 rings (SSSR count). The highest BCUT2D eigenvalue weighted by molar-refractivity contribution is 7.26. The van der Waals surface area contributed by atoms with Crippen LogP contribution in [0, 0.1) is 0 Å². The largest absolute Gasteiger partial charge is 0.310 e.